The Balaban J connectivity index is 1.82. The highest BCUT2D eigenvalue weighted by molar-refractivity contribution is 5.77. The van der Waals surface area contributed by atoms with Gasteiger partial charge in [0, 0.05) is 6.54 Å². The van der Waals surface area contributed by atoms with Gasteiger partial charge in [-0.1, -0.05) is 12.1 Å². The summed E-state index contributed by atoms with van der Waals surface area (Å²) in [5, 5.41) is 13.4. The van der Waals surface area contributed by atoms with E-state index in [9.17, 15) is 19.7 Å². The number of carbonyl (C=O) groups is 1. The predicted molar refractivity (Wildman–Crippen MR) is 86.7 cm³/mol. The molecule has 10 nitrogen and oxygen atoms in total. The molecule has 2 N–H and O–H groups in total. The monoisotopic (exact) mass is 348 g/mol. The molecular weight excluding hydrogens is 332 g/mol. The van der Waals surface area contributed by atoms with Gasteiger partial charge in [0.25, 0.3) is 5.91 Å². The number of H-pyrrole nitrogens is 1. The molecule has 1 heterocycles. The van der Waals surface area contributed by atoms with E-state index in [4.69, 9.17) is 9.47 Å². The summed E-state index contributed by atoms with van der Waals surface area (Å²) < 4.78 is 10.0. The number of amides is 1. The third-order valence-electron chi connectivity index (χ3n) is 3.21. The van der Waals surface area contributed by atoms with Crippen LogP contribution in [-0.4, -0.2) is 41.1 Å². The van der Waals surface area contributed by atoms with E-state index in [1.807, 2.05) is 24.3 Å². The second-order valence-corrected chi connectivity index (χ2v) is 4.88. The second kappa shape index (κ2) is 8.43. The van der Waals surface area contributed by atoms with Crippen LogP contribution in [0.25, 0.3) is 0 Å². The van der Waals surface area contributed by atoms with E-state index in [1.54, 1.807) is 7.11 Å². The first-order chi connectivity index (χ1) is 12.0. The fourth-order valence-electron chi connectivity index (χ4n) is 1.97. The van der Waals surface area contributed by atoms with Crippen LogP contribution in [0.15, 0.2) is 35.4 Å². The lowest BCUT2D eigenvalue weighted by Gasteiger charge is -2.07. The number of carbonyl (C=O) groups excluding carboxylic acids is 1. The van der Waals surface area contributed by atoms with Gasteiger partial charge < -0.3 is 19.8 Å². The predicted octanol–water partition coefficient (Wildman–Crippen LogP) is 0.424. The molecule has 0 bridgehead atoms. The molecule has 1 aromatic heterocycles. The van der Waals surface area contributed by atoms with Gasteiger partial charge in [-0.15, -0.1) is 0 Å². The number of hydrogen-bond acceptors (Lipinski definition) is 7. The molecule has 0 unspecified atom stereocenters. The van der Waals surface area contributed by atoms with E-state index in [2.05, 4.69) is 15.3 Å². The quantitative estimate of drug-likeness (QED) is 0.521. The third-order valence-corrected chi connectivity index (χ3v) is 3.21. The SMILES string of the molecule is COc1ccc(CCNC(=O)COc2nc[nH]c(=O)c2[N+](=O)[O-])cc1. The highest BCUT2D eigenvalue weighted by Crippen LogP contribution is 2.17. The first-order valence-corrected chi connectivity index (χ1v) is 7.25. The highest BCUT2D eigenvalue weighted by atomic mass is 16.6. The van der Waals surface area contributed by atoms with Crippen LogP contribution in [0.5, 0.6) is 11.6 Å². The van der Waals surface area contributed by atoms with Crippen LogP contribution in [0.1, 0.15) is 5.56 Å². The Bertz CT molecular complexity index is 802. The number of aromatic amines is 1. The van der Waals surface area contributed by atoms with Gasteiger partial charge in [0.15, 0.2) is 6.61 Å². The van der Waals surface area contributed by atoms with Crippen molar-refractivity contribution in [3.05, 3.63) is 56.6 Å². The van der Waals surface area contributed by atoms with Crippen LogP contribution in [0.3, 0.4) is 0 Å². The van der Waals surface area contributed by atoms with Crippen molar-refractivity contribution in [3.63, 3.8) is 0 Å². The number of ether oxygens (including phenoxy) is 2. The molecule has 2 rings (SSSR count). The lowest BCUT2D eigenvalue weighted by atomic mass is 10.1. The molecule has 0 spiro atoms. The normalized spacial score (nSPS) is 10.1. The van der Waals surface area contributed by atoms with Gasteiger partial charge >= 0.3 is 17.1 Å². The number of hydrogen-bond donors (Lipinski definition) is 2. The second-order valence-electron chi connectivity index (χ2n) is 4.88. The lowest BCUT2D eigenvalue weighted by Crippen LogP contribution is -2.31. The van der Waals surface area contributed by atoms with E-state index in [-0.39, 0.29) is 0 Å². The van der Waals surface area contributed by atoms with Crippen LogP contribution in [0.2, 0.25) is 0 Å². The Morgan fingerprint density at radius 1 is 1.36 bits per heavy atom. The molecule has 1 aromatic carbocycles. The largest absolute Gasteiger partial charge is 0.497 e. The Labute approximate surface area is 142 Å². The van der Waals surface area contributed by atoms with E-state index in [0.29, 0.717) is 13.0 Å². The molecule has 25 heavy (non-hydrogen) atoms. The molecule has 0 atom stereocenters. The molecule has 0 saturated carbocycles. The minimum absolute atomic E-state index is 0.361. The summed E-state index contributed by atoms with van der Waals surface area (Å²) in [5.74, 6) is -0.239. The molecule has 1 amide bonds. The van der Waals surface area contributed by atoms with Gasteiger partial charge in [0.1, 0.15) is 5.75 Å². The number of nitrogens with zero attached hydrogens (tertiary/aromatic N) is 2. The van der Waals surface area contributed by atoms with E-state index in [0.717, 1.165) is 17.6 Å². The van der Waals surface area contributed by atoms with Crippen molar-refractivity contribution in [1.29, 1.82) is 0 Å². The van der Waals surface area contributed by atoms with Crippen LogP contribution in [-0.2, 0) is 11.2 Å². The highest BCUT2D eigenvalue weighted by Gasteiger charge is 2.22. The first-order valence-electron chi connectivity index (χ1n) is 7.25. The Kier molecular flexibility index (Phi) is 6.04. The smallest absolute Gasteiger partial charge is 0.395 e. The fourth-order valence-corrected chi connectivity index (χ4v) is 1.97. The number of methoxy groups -OCH3 is 1. The van der Waals surface area contributed by atoms with E-state index >= 15 is 0 Å². The van der Waals surface area contributed by atoms with E-state index in [1.165, 1.54) is 0 Å². The number of nitrogens with one attached hydrogen (secondary N) is 2. The zero-order valence-corrected chi connectivity index (χ0v) is 13.4. The molecule has 0 fully saturated rings. The van der Waals surface area contributed by atoms with Gasteiger partial charge in [-0.3, -0.25) is 19.7 Å². The molecule has 132 valence electrons. The van der Waals surface area contributed by atoms with Crippen molar-refractivity contribution in [1.82, 2.24) is 15.3 Å². The first kappa shape index (κ1) is 17.9. The molecule has 0 saturated heterocycles. The van der Waals surface area contributed by atoms with Crippen molar-refractivity contribution >= 4 is 11.6 Å². The third kappa shape index (κ3) is 5.03. The van der Waals surface area contributed by atoms with Crippen LogP contribution < -0.4 is 20.3 Å². The Morgan fingerprint density at radius 2 is 2.08 bits per heavy atom. The maximum absolute atomic E-state index is 11.7. The summed E-state index contributed by atoms with van der Waals surface area (Å²) in [6.45, 7) is -0.126. The van der Waals surface area contributed by atoms with Crippen molar-refractivity contribution in [3.8, 4) is 11.6 Å². The summed E-state index contributed by atoms with van der Waals surface area (Å²) in [6.07, 6.45) is 1.56. The van der Waals surface area contributed by atoms with Crippen LogP contribution in [0, 0.1) is 10.1 Å². The molecular formula is C15H16N4O6. The summed E-state index contributed by atoms with van der Waals surface area (Å²) in [5.41, 5.74) is -0.780. The van der Waals surface area contributed by atoms with Crippen molar-refractivity contribution in [2.75, 3.05) is 20.3 Å². The maximum atomic E-state index is 11.7. The van der Waals surface area contributed by atoms with Gasteiger partial charge in [-0.25, -0.2) is 0 Å². The molecule has 10 heteroatoms. The van der Waals surface area contributed by atoms with Crippen molar-refractivity contribution < 1.29 is 19.2 Å². The van der Waals surface area contributed by atoms with Crippen LogP contribution in [0.4, 0.5) is 5.69 Å². The summed E-state index contributed by atoms with van der Waals surface area (Å²) in [7, 11) is 1.58. The van der Waals surface area contributed by atoms with Crippen molar-refractivity contribution in [2.24, 2.45) is 0 Å². The zero-order chi connectivity index (χ0) is 18.2. The zero-order valence-electron chi connectivity index (χ0n) is 13.4. The lowest BCUT2D eigenvalue weighted by molar-refractivity contribution is -0.387. The summed E-state index contributed by atoms with van der Waals surface area (Å²) in [4.78, 5) is 38.6. The van der Waals surface area contributed by atoms with Crippen LogP contribution >= 0.6 is 0 Å². The van der Waals surface area contributed by atoms with Crippen molar-refractivity contribution in [2.45, 2.75) is 6.42 Å². The molecule has 0 aliphatic rings. The number of benzene rings is 1. The minimum atomic E-state index is -0.949. The molecule has 0 radical (unpaired) electrons. The molecule has 0 aliphatic carbocycles. The number of nitro groups is 1. The van der Waals surface area contributed by atoms with E-state index < -0.39 is 34.6 Å². The topological polar surface area (TPSA) is 136 Å². The Hall–Kier alpha value is -3.43. The molecule has 2 aromatic rings. The standard InChI is InChI=1S/C15H16N4O6/c1-24-11-4-2-10(3-5-11)6-7-16-12(20)8-25-15-13(19(22)23)14(21)17-9-18-15/h2-5,9H,6-8H2,1H3,(H,16,20)(H,17,18,21). The molecule has 0 aliphatic heterocycles. The van der Waals surface area contributed by atoms with Gasteiger partial charge in [0.2, 0.25) is 0 Å². The summed E-state index contributed by atoms with van der Waals surface area (Å²) in [6, 6.07) is 7.39. The minimum Gasteiger partial charge on any atom is -0.497 e. The fraction of sp³-hybridized carbons (Fsp3) is 0.267. The Morgan fingerprint density at radius 3 is 2.72 bits per heavy atom. The maximum Gasteiger partial charge on any atom is 0.395 e. The summed E-state index contributed by atoms with van der Waals surface area (Å²) >= 11 is 0. The average molecular weight is 348 g/mol. The van der Waals surface area contributed by atoms with Gasteiger partial charge in [-0.2, -0.15) is 4.98 Å². The number of aromatic nitrogens is 2. The van der Waals surface area contributed by atoms with Gasteiger partial charge in [-0.05, 0) is 24.1 Å². The van der Waals surface area contributed by atoms with Gasteiger partial charge in [0.05, 0.1) is 18.4 Å². The number of rotatable bonds is 8. The average Bonchev–Trinajstić information content (AvgIpc) is 2.60.